The zero-order chi connectivity index (χ0) is 15.6. The van der Waals surface area contributed by atoms with Gasteiger partial charge in [0.25, 0.3) is 0 Å². The summed E-state index contributed by atoms with van der Waals surface area (Å²) in [6.45, 7) is 1.73. The molecule has 0 saturated heterocycles. The minimum absolute atomic E-state index is 0.317. The van der Waals surface area contributed by atoms with Crippen molar-refractivity contribution in [1.29, 1.82) is 0 Å². The van der Waals surface area contributed by atoms with Crippen LogP contribution < -0.4 is 5.32 Å². The molecule has 0 radical (unpaired) electrons. The van der Waals surface area contributed by atoms with Crippen LogP contribution in [-0.4, -0.2) is 11.1 Å². The Hall–Kier alpha value is -1.59. The molecule has 0 heterocycles. The van der Waals surface area contributed by atoms with Crippen molar-refractivity contribution in [2.24, 2.45) is 0 Å². The standard InChI is InChI=1S/C15H12BrClFNO2/c1-8-4-10(18)7-11(5-8)19-14(15(20)21)12-3-2-9(16)6-13(12)17/h2-7,14,19H,1H3,(H,20,21). The second-order valence-corrected chi connectivity index (χ2v) is 5.92. The van der Waals surface area contributed by atoms with Crippen molar-refractivity contribution in [3.05, 3.63) is 62.8 Å². The third kappa shape index (κ3) is 3.95. The third-order valence-electron chi connectivity index (χ3n) is 2.87. The summed E-state index contributed by atoms with van der Waals surface area (Å²) in [6.07, 6.45) is 0. The maximum absolute atomic E-state index is 13.4. The minimum Gasteiger partial charge on any atom is -0.479 e. The van der Waals surface area contributed by atoms with Gasteiger partial charge in [0, 0.05) is 20.7 Å². The van der Waals surface area contributed by atoms with Crippen molar-refractivity contribution in [1.82, 2.24) is 0 Å². The van der Waals surface area contributed by atoms with Gasteiger partial charge in [0.2, 0.25) is 0 Å². The average molecular weight is 373 g/mol. The largest absolute Gasteiger partial charge is 0.479 e. The second kappa shape index (κ2) is 6.45. The Kier molecular flexibility index (Phi) is 4.85. The van der Waals surface area contributed by atoms with Gasteiger partial charge in [0.05, 0.1) is 0 Å². The highest BCUT2D eigenvalue weighted by Gasteiger charge is 2.22. The quantitative estimate of drug-likeness (QED) is 0.811. The van der Waals surface area contributed by atoms with Gasteiger partial charge in [-0.15, -0.1) is 0 Å². The highest BCUT2D eigenvalue weighted by molar-refractivity contribution is 9.10. The number of carboxylic acid groups (broad SMARTS) is 1. The van der Waals surface area contributed by atoms with Crippen LogP contribution in [0.2, 0.25) is 5.02 Å². The zero-order valence-corrected chi connectivity index (χ0v) is 13.4. The molecule has 0 aromatic heterocycles. The molecule has 1 unspecified atom stereocenters. The Morgan fingerprint density at radius 3 is 2.62 bits per heavy atom. The SMILES string of the molecule is Cc1cc(F)cc(NC(C(=O)O)c2ccc(Br)cc2Cl)c1. The molecule has 110 valence electrons. The lowest BCUT2D eigenvalue weighted by atomic mass is 10.1. The lowest BCUT2D eigenvalue weighted by molar-refractivity contribution is -0.138. The minimum atomic E-state index is -1.10. The van der Waals surface area contributed by atoms with Crippen molar-refractivity contribution in [2.75, 3.05) is 5.32 Å². The molecule has 21 heavy (non-hydrogen) atoms. The van der Waals surface area contributed by atoms with E-state index in [1.165, 1.54) is 12.1 Å². The van der Waals surface area contributed by atoms with Gasteiger partial charge in [-0.1, -0.05) is 33.6 Å². The molecule has 0 saturated carbocycles. The molecule has 0 aliphatic carbocycles. The Morgan fingerprint density at radius 2 is 2.05 bits per heavy atom. The average Bonchev–Trinajstić information content (AvgIpc) is 2.35. The van der Waals surface area contributed by atoms with Gasteiger partial charge in [-0.2, -0.15) is 0 Å². The van der Waals surface area contributed by atoms with Crippen LogP contribution in [0, 0.1) is 12.7 Å². The predicted octanol–water partition coefficient (Wildman–Crippen LogP) is 4.79. The zero-order valence-electron chi connectivity index (χ0n) is 11.0. The fourth-order valence-corrected chi connectivity index (χ4v) is 2.78. The summed E-state index contributed by atoms with van der Waals surface area (Å²) in [6, 6.07) is 8.16. The Labute approximate surface area is 134 Å². The Balaban J connectivity index is 2.37. The van der Waals surface area contributed by atoms with Crippen LogP contribution in [-0.2, 0) is 4.79 Å². The molecule has 1 atom stereocenters. The molecule has 6 heteroatoms. The summed E-state index contributed by atoms with van der Waals surface area (Å²) in [5.74, 6) is -1.52. The van der Waals surface area contributed by atoms with Crippen molar-refractivity contribution in [2.45, 2.75) is 13.0 Å². The van der Waals surface area contributed by atoms with Gasteiger partial charge in [-0.05, 0) is 42.8 Å². The molecular formula is C15H12BrClFNO2. The fraction of sp³-hybridized carbons (Fsp3) is 0.133. The molecule has 0 bridgehead atoms. The van der Waals surface area contributed by atoms with Crippen molar-refractivity contribution >= 4 is 39.2 Å². The molecule has 0 aliphatic rings. The van der Waals surface area contributed by atoms with Gasteiger partial charge >= 0.3 is 5.97 Å². The molecule has 0 aliphatic heterocycles. The van der Waals surface area contributed by atoms with Crippen LogP contribution in [0.25, 0.3) is 0 Å². The van der Waals surface area contributed by atoms with Crippen LogP contribution >= 0.6 is 27.5 Å². The van der Waals surface area contributed by atoms with E-state index in [1.54, 1.807) is 31.2 Å². The van der Waals surface area contributed by atoms with Crippen molar-refractivity contribution in [3.8, 4) is 0 Å². The van der Waals surface area contributed by atoms with E-state index >= 15 is 0 Å². The highest BCUT2D eigenvalue weighted by atomic mass is 79.9. The molecule has 0 amide bonds. The molecule has 0 fully saturated rings. The first-order chi connectivity index (χ1) is 9.86. The van der Waals surface area contributed by atoms with E-state index in [-0.39, 0.29) is 0 Å². The number of hydrogen-bond acceptors (Lipinski definition) is 2. The van der Waals surface area contributed by atoms with Gasteiger partial charge < -0.3 is 10.4 Å². The molecule has 3 nitrogen and oxygen atoms in total. The first kappa shape index (κ1) is 15.8. The number of aliphatic carboxylic acids is 1. The van der Waals surface area contributed by atoms with E-state index in [1.807, 2.05) is 0 Å². The molecule has 2 aromatic rings. The normalized spacial score (nSPS) is 12.0. The monoisotopic (exact) mass is 371 g/mol. The number of benzene rings is 2. The van der Waals surface area contributed by atoms with Crippen molar-refractivity contribution < 1.29 is 14.3 Å². The smallest absolute Gasteiger partial charge is 0.330 e. The van der Waals surface area contributed by atoms with Gasteiger partial charge in [0.15, 0.2) is 6.04 Å². The molecule has 0 spiro atoms. The number of anilines is 1. The number of carbonyl (C=O) groups is 1. The number of nitrogens with one attached hydrogen (secondary N) is 1. The number of halogens is 3. The van der Waals surface area contributed by atoms with Crippen LogP contribution in [0.1, 0.15) is 17.2 Å². The summed E-state index contributed by atoms with van der Waals surface area (Å²) in [5, 5.41) is 12.5. The third-order valence-corrected chi connectivity index (χ3v) is 3.69. The maximum atomic E-state index is 13.4. The van der Waals surface area contributed by atoms with Gasteiger partial charge in [0.1, 0.15) is 5.82 Å². The molecule has 2 aromatic carbocycles. The first-order valence-electron chi connectivity index (χ1n) is 6.08. The summed E-state index contributed by atoms with van der Waals surface area (Å²) >= 11 is 9.36. The van der Waals surface area contributed by atoms with E-state index in [2.05, 4.69) is 21.2 Å². The molecule has 2 N–H and O–H groups in total. The van der Waals surface area contributed by atoms with E-state index in [4.69, 9.17) is 11.6 Å². The van der Waals surface area contributed by atoms with Gasteiger partial charge in [-0.3, -0.25) is 0 Å². The lowest BCUT2D eigenvalue weighted by Crippen LogP contribution is -2.21. The highest BCUT2D eigenvalue weighted by Crippen LogP contribution is 2.29. The van der Waals surface area contributed by atoms with Crippen LogP contribution in [0.5, 0.6) is 0 Å². The maximum Gasteiger partial charge on any atom is 0.330 e. The second-order valence-electron chi connectivity index (χ2n) is 4.60. The summed E-state index contributed by atoms with van der Waals surface area (Å²) < 4.78 is 14.1. The number of aryl methyl sites for hydroxylation is 1. The summed E-state index contributed by atoms with van der Waals surface area (Å²) in [7, 11) is 0. The fourth-order valence-electron chi connectivity index (χ4n) is 1.99. The summed E-state index contributed by atoms with van der Waals surface area (Å²) in [4.78, 5) is 11.5. The number of rotatable bonds is 4. The van der Waals surface area contributed by atoms with E-state index < -0.39 is 17.8 Å². The molecule has 2 rings (SSSR count). The number of hydrogen-bond donors (Lipinski definition) is 2. The van der Waals surface area contributed by atoms with E-state index in [0.29, 0.717) is 21.8 Å². The van der Waals surface area contributed by atoms with E-state index in [9.17, 15) is 14.3 Å². The van der Waals surface area contributed by atoms with Crippen LogP contribution in [0.4, 0.5) is 10.1 Å². The number of carboxylic acids is 1. The predicted molar refractivity (Wildman–Crippen MR) is 84.3 cm³/mol. The lowest BCUT2D eigenvalue weighted by Gasteiger charge is -2.18. The van der Waals surface area contributed by atoms with Crippen LogP contribution in [0.3, 0.4) is 0 Å². The van der Waals surface area contributed by atoms with Gasteiger partial charge in [-0.25, -0.2) is 9.18 Å². The Bertz CT molecular complexity index is 673. The van der Waals surface area contributed by atoms with Crippen LogP contribution in [0.15, 0.2) is 40.9 Å². The molecular weight excluding hydrogens is 361 g/mol. The van der Waals surface area contributed by atoms with E-state index in [0.717, 1.165) is 4.47 Å². The topological polar surface area (TPSA) is 49.3 Å². The summed E-state index contributed by atoms with van der Waals surface area (Å²) in [5.41, 5.74) is 1.50. The van der Waals surface area contributed by atoms with Crippen molar-refractivity contribution in [3.63, 3.8) is 0 Å². The first-order valence-corrected chi connectivity index (χ1v) is 7.25. The Morgan fingerprint density at radius 1 is 1.33 bits per heavy atom.